The van der Waals surface area contributed by atoms with Crippen LogP contribution >= 0.6 is 34.8 Å². The predicted molar refractivity (Wildman–Crippen MR) is 56.3 cm³/mol. The molecule has 0 aliphatic heterocycles. The molecule has 13 heavy (non-hydrogen) atoms. The smallest absolute Gasteiger partial charge is 0.359 e. The Kier molecular flexibility index (Phi) is 7.83. The summed E-state index contributed by atoms with van der Waals surface area (Å²) in [6.45, 7) is 5.02. The summed E-state index contributed by atoms with van der Waals surface area (Å²) >= 11 is 16.8. The van der Waals surface area contributed by atoms with Crippen LogP contribution in [0.4, 0.5) is 0 Å². The second kappa shape index (κ2) is 7.28. The van der Waals surface area contributed by atoms with Gasteiger partial charge in [-0.05, 0) is 20.8 Å². The maximum absolute atomic E-state index is 5.61. The molecule has 0 saturated heterocycles. The third-order valence-electron chi connectivity index (χ3n) is 0.896. The van der Waals surface area contributed by atoms with Gasteiger partial charge in [0.25, 0.3) is 0 Å². The molecule has 0 radical (unpaired) electrons. The number of hydrogen-bond donors (Lipinski definition) is 0. The van der Waals surface area contributed by atoms with E-state index in [0.29, 0.717) is 0 Å². The molecule has 3 unspecified atom stereocenters. The highest BCUT2D eigenvalue weighted by Crippen LogP contribution is 2.10. The van der Waals surface area contributed by atoms with Crippen LogP contribution in [0.3, 0.4) is 0 Å². The lowest BCUT2D eigenvalue weighted by Gasteiger charge is -2.20. The molecule has 0 amide bonds. The molecule has 0 fully saturated rings. The van der Waals surface area contributed by atoms with Crippen LogP contribution in [0.25, 0.3) is 0 Å². The maximum Gasteiger partial charge on any atom is 0.487 e. The fraction of sp³-hybridized carbons (Fsp3) is 1.00. The molecule has 0 aliphatic rings. The lowest BCUT2D eigenvalue weighted by molar-refractivity contribution is 0.0757. The molecule has 0 spiro atoms. The molecule has 3 atom stereocenters. The fourth-order valence-corrected chi connectivity index (χ4v) is 2.42. The third kappa shape index (κ3) is 9.28. The van der Waals surface area contributed by atoms with E-state index in [-0.39, 0.29) is 0 Å². The van der Waals surface area contributed by atoms with Gasteiger partial charge in [-0.15, -0.1) is 0 Å². The molecule has 3 nitrogen and oxygen atoms in total. The highest BCUT2D eigenvalue weighted by Gasteiger charge is 2.22. The van der Waals surface area contributed by atoms with Crippen LogP contribution in [0.15, 0.2) is 0 Å². The average Bonchev–Trinajstić information content (AvgIpc) is 1.80. The van der Waals surface area contributed by atoms with Crippen LogP contribution < -0.4 is 0 Å². The summed E-state index contributed by atoms with van der Waals surface area (Å²) in [5.74, 6) is 0. The molecule has 0 rings (SSSR count). The Morgan fingerprint density at radius 2 is 1.00 bits per heavy atom. The van der Waals surface area contributed by atoms with Gasteiger partial charge in [0.2, 0.25) is 0 Å². The Hall–Kier alpha value is 0.967. The van der Waals surface area contributed by atoms with Crippen molar-refractivity contribution in [3.63, 3.8) is 0 Å². The Labute approximate surface area is 95.2 Å². The first kappa shape index (κ1) is 14.0. The van der Waals surface area contributed by atoms with Gasteiger partial charge in [0.15, 0.2) is 0 Å². The Morgan fingerprint density at radius 3 is 1.15 bits per heavy atom. The highest BCUT2D eigenvalue weighted by molar-refractivity contribution is 6.40. The summed E-state index contributed by atoms with van der Waals surface area (Å²) in [5.41, 5.74) is -1.41. The number of rotatable bonds is 6. The van der Waals surface area contributed by atoms with Crippen LogP contribution in [0.5, 0.6) is 0 Å². The summed E-state index contributed by atoms with van der Waals surface area (Å²) in [4.78, 5) is 0. The fourth-order valence-electron chi connectivity index (χ4n) is 0.556. The molecule has 0 aromatic heterocycles. The van der Waals surface area contributed by atoms with E-state index in [1.54, 1.807) is 20.8 Å². The van der Waals surface area contributed by atoms with E-state index in [0.717, 1.165) is 0 Å². The molecule has 0 aromatic rings. The monoisotopic (exact) mass is 266 g/mol. The Morgan fingerprint density at radius 1 is 0.769 bits per heavy atom. The van der Waals surface area contributed by atoms with E-state index in [1.807, 2.05) is 0 Å². The SMILES string of the molecule is CC(Cl)O[SiH](OC(C)Cl)OC(C)Cl. The summed E-state index contributed by atoms with van der Waals surface area (Å²) in [6.07, 6.45) is 0. The Balaban J connectivity index is 3.87. The standard InChI is InChI=1S/C6H13Cl3O3Si/c1-4(7)10-13(11-5(2)8)12-6(3)9/h4-6,13H,1-3H3. The zero-order valence-electron chi connectivity index (χ0n) is 7.67. The topological polar surface area (TPSA) is 27.7 Å². The van der Waals surface area contributed by atoms with Crippen LogP contribution in [0, 0.1) is 0 Å². The van der Waals surface area contributed by atoms with Crippen molar-refractivity contribution in [3.05, 3.63) is 0 Å². The lowest BCUT2D eigenvalue weighted by Crippen LogP contribution is -2.33. The quantitative estimate of drug-likeness (QED) is 0.547. The van der Waals surface area contributed by atoms with Gasteiger partial charge >= 0.3 is 9.53 Å². The van der Waals surface area contributed by atoms with Crippen LogP contribution in [0.1, 0.15) is 20.8 Å². The van der Waals surface area contributed by atoms with Crippen molar-refractivity contribution in [1.82, 2.24) is 0 Å². The van der Waals surface area contributed by atoms with Crippen molar-refractivity contribution in [3.8, 4) is 0 Å². The minimum Gasteiger partial charge on any atom is -0.359 e. The van der Waals surface area contributed by atoms with Crippen molar-refractivity contribution in [1.29, 1.82) is 0 Å². The zero-order chi connectivity index (χ0) is 10.4. The summed E-state index contributed by atoms with van der Waals surface area (Å²) in [7, 11) is -2.30. The van der Waals surface area contributed by atoms with E-state index in [2.05, 4.69) is 0 Å². The van der Waals surface area contributed by atoms with Crippen molar-refractivity contribution in [2.24, 2.45) is 0 Å². The second-order valence-electron chi connectivity index (χ2n) is 2.33. The molecule has 80 valence electrons. The molecule has 0 N–H and O–H groups in total. The number of alkyl halides is 3. The molecule has 0 aliphatic carbocycles. The van der Waals surface area contributed by atoms with Gasteiger partial charge in [0, 0.05) is 0 Å². The molecule has 0 heterocycles. The first-order chi connectivity index (χ1) is 5.91. The molecule has 0 aromatic carbocycles. The van der Waals surface area contributed by atoms with Gasteiger partial charge in [0.05, 0.1) is 0 Å². The van der Waals surface area contributed by atoms with E-state index in [9.17, 15) is 0 Å². The van der Waals surface area contributed by atoms with Crippen molar-refractivity contribution >= 4 is 44.3 Å². The van der Waals surface area contributed by atoms with Gasteiger partial charge in [-0.25, -0.2) is 0 Å². The van der Waals surface area contributed by atoms with Gasteiger partial charge < -0.3 is 13.3 Å². The Bertz CT molecular complexity index is 111. The van der Waals surface area contributed by atoms with E-state index >= 15 is 0 Å². The average molecular weight is 268 g/mol. The number of halogens is 3. The lowest BCUT2D eigenvalue weighted by atomic mass is 10.9. The van der Waals surface area contributed by atoms with E-state index in [4.69, 9.17) is 48.1 Å². The first-order valence-electron chi connectivity index (χ1n) is 3.80. The van der Waals surface area contributed by atoms with Crippen LogP contribution in [-0.2, 0) is 13.3 Å². The van der Waals surface area contributed by atoms with Crippen LogP contribution in [0.2, 0.25) is 0 Å². The summed E-state index contributed by atoms with van der Waals surface area (Å²) in [6, 6.07) is 0. The first-order valence-corrected chi connectivity index (χ1v) is 6.52. The summed E-state index contributed by atoms with van der Waals surface area (Å²) in [5, 5.41) is 0. The second-order valence-corrected chi connectivity index (χ2v) is 5.56. The normalized spacial score (nSPS) is 20.8. The van der Waals surface area contributed by atoms with Gasteiger partial charge in [-0.1, -0.05) is 34.8 Å². The largest absolute Gasteiger partial charge is 0.487 e. The van der Waals surface area contributed by atoms with Crippen molar-refractivity contribution < 1.29 is 13.3 Å². The summed E-state index contributed by atoms with van der Waals surface area (Å²) < 4.78 is 15.5. The van der Waals surface area contributed by atoms with Crippen LogP contribution in [-0.4, -0.2) is 26.2 Å². The van der Waals surface area contributed by atoms with Crippen molar-refractivity contribution in [2.75, 3.05) is 0 Å². The van der Waals surface area contributed by atoms with Gasteiger partial charge in [-0.2, -0.15) is 0 Å². The molecular formula is C6H13Cl3O3Si. The van der Waals surface area contributed by atoms with Gasteiger partial charge in [0.1, 0.15) is 16.7 Å². The molecule has 0 saturated carbocycles. The minimum atomic E-state index is -2.30. The maximum atomic E-state index is 5.61. The predicted octanol–water partition coefficient (Wildman–Crippen LogP) is 2.51. The molecular weight excluding hydrogens is 255 g/mol. The minimum absolute atomic E-state index is 0.470. The molecule has 0 bridgehead atoms. The van der Waals surface area contributed by atoms with Gasteiger partial charge in [-0.3, -0.25) is 0 Å². The van der Waals surface area contributed by atoms with E-state index in [1.165, 1.54) is 0 Å². The third-order valence-corrected chi connectivity index (χ3v) is 3.61. The zero-order valence-corrected chi connectivity index (χ0v) is 11.1. The number of hydrogen-bond acceptors (Lipinski definition) is 3. The van der Waals surface area contributed by atoms with Crippen molar-refractivity contribution in [2.45, 2.75) is 37.5 Å². The van der Waals surface area contributed by atoms with E-state index < -0.39 is 26.2 Å². The molecule has 7 heteroatoms. The highest BCUT2D eigenvalue weighted by atomic mass is 35.5.